The molecule has 222 valence electrons. The molecule has 2 aliphatic rings. The van der Waals surface area contributed by atoms with E-state index in [1.807, 2.05) is 0 Å². The molecule has 0 atom stereocenters. The molecular weight excluding hydrogens is 567 g/mol. The van der Waals surface area contributed by atoms with Crippen LogP contribution in [0, 0.1) is 0 Å². The van der Waals surface area contributed by atoms with Gasteiger partial charge in [0, 0.05) is 27.2 Å². The molecule has 2 aliphatic carbocycles. The van der Waals surface area contributed by atoms with Crippen molar-refractivity contribution in [3.8, 4) is 55.6 Å². The fraction of sp³-hybridized carbons (Fsp3) is 0.0870. The fourth-order valence-electron chi connectivity index (χ4n) is 8.40. The van der Waals surface area contributed by atoms with Gasteiger partial charge in [0.25, 0.3) is 0 Å². The van der Waals surface area contributed by atoms with Crippen molar-refractivity contribution in [1.82, 2.24) is 4.98 Å². The van der Waals surface area contributed by atoms with Crippen LogP contribution in [0.25, 0.3) is 77.4 Å². The van der Waals surface area contributed by atoms with E-state index in [2.05, 4.69) is 164 Å². The van der Waals surface area contributed by atoms with Gasteiger partial charge in [-0.25, -0.2) is 0 Å². The number of nitrogens with one attached hydrogen (secondary N) is 1. The fourth-order valence-corrected chi connectivity index (χ4v) is 8.40. The predicted octanol–water partition coefficient (Wildman–Crippen LogP) is 12.2. The molecule has 1 nitrogen and oxygen atoms in total. The van der Waals surface area contributed by atoms with Crippen LogP contribution in [0.15, 0.2) is 146 Å². The summed E-state index contributed by atoms with van der Waals surface area (Å²) in [5.74, 6) is 0. The van der Waals surface area contributed by atoms with E-state index < -0.39 is 0 Å². The maximum atomic E-state index is 3.75. The van der Waals surface area contributed by atoms with Gasteiger partial charge in [0.1, 0.15) is 0 Å². The first-order chi connectivity index (χ1) is 23.0. The molecule has 0 saturated heterocycles. The van der Waals surface area contributed by atoms with E-state index >= 15 is 0 Å². The molecule has 0 bridgehead atoms. The SMILES string of the molecule is CC1(C)c2ccccc2-c2cc3c(cc21)[nH]c1ccc(-c2ccc4c(c2)-c2cc(-c5ccccc5)cc(-c5ccccc5)c2C4)cc13. The lowest BCUT2D eigenvalue weighted by Gasteiger charge is -2.21. The Labute approximate surface area is 275 Å². The van der Waals surface area contributed by atoms with Gasteiger partial charge in [-0.05, 0) is 127 Å². The van der Waals surface area contributed by atoms with E-state index in [4.69, 9.17) is 0 Å². The zero-order valence-electron chi connectivity index (χ0n) is 26.6. The first-order valence-corrected chi connectivity index (χ1v) is 16.6. The third kappa shape index (κ3) is 3.90. The largest absolute Gasteiger partial charge is 0.355 e. The molecule has 1 aromatic heterocycles. The Hall–Kier alpha value is -5.66. The van der Waals surface area contributed by atoms with Gasteiger partial charge in [0.15, 0.2) is 0 Å². The Bertz CT molecular complexity index is 2550. The third-order valence-electron chi connectivity index (χ3n) is 10.8. The van der Waals surface area contributed by atoms with Crippen LogP contribution in [0.4, 0.5) is 0 Å². The Morgan fingerprint density at radius 3 is 1.91 bits per heavy atom. The quantitative estimate of drug-likeness (QED) is 0.208. The summed E-state index contributed by atoms with van der Waals surface area (Å²) < 4.78 is 0. The second kappa shape index (κ2) is 9.67. The highest BCUT2D eigenvalue weighted by Gasteiger charge is 2.35. The molecule has 8 aromatic rings. The zero-order valence-corrected chi connectivity index (χ0v) is 26.6. The molecule has 0 aliphatic heterocycles. The highest BCUT2D eigenvalue weighted by Crippen LogP contribution is 2.51. The lowest BCUT2D eigenvalue weighted by molar-refractivity contribution is 0.661. The van der Waals surface area contributed by atoms with Crippen LogP contribution in [0.2, 0.25) is 0 Å². The number of hydrogen-bond acceptors (Lipinski definition) is 0. The number of H-pyrrole nitrogens is 1. The first-order valence-electron chi connectivity index (χ1n) is 16.6. The van der Waals surface area contributed by atoms with Crippen molar-refractivity contribution < 1.29 is 0 Å². The number of benzene rings is 7. The third-order valence-corrected chi connectivity index (χ3v) is 10.8. The summed E-state index contributed by atoms with van der Waals surface area (Å²) in [4.78, 5) is 3.75. The Kier molecular flexibility index (Phi) is 5.46. The topological polar surface area (TPSA) is 15.8 Å². The van der Waals surface area contributed by atoms with Gasteiger partial charge < -0.3 is 4.98 Å². The van der Waals surface area contributed by atoms with Gasteiger partial charge in [-0.15, -0.1) is 0 Å². The van der Waals surface area contributed by atoms with Crippen molar-refractivity contribution in [3.05, 3.63) is 168 Å². The number of rotatable bonds is 3. The summed E-state index contributed by atoms with van der Waals surface area (Å²) >= 11 is 0. The molecule has 1 heterocycles. The number of hydrogen-bond donors (Lipinski definition) is 1. The molecule has 1 heteroatoms. The van der Waals surface area contributed by atoms with Gasteiger partial charge in [0.2, 0.25) is 0 Å². The standard InChI is InChI=1S/C46H33N/c1-46(2)42-16-10-9-15-34(42)39-26-41-40-22-31(19-20-44(40)47-45(41)27-43(39)46)30-17-18-32-23-37-35(29-13-7-4-8-14-29)24-33(25-38(37)36(32)21-30)28-11-5-3-6-12-28/h3-22,24-27,47H,23H2,1-2H3. The highest BCUT2D eigenvalue weighted by molar-refractivity contribution is 6.11. The normalized spacial score (nSPS) is 13.8. The lowest BCUT2D eigenvalue weighted by Crippen LogP contribution is -2.14. The van der Waals surface area contributed by atoms with Crippen LogP contribution < -0.4 is 0 Å². The van der Waals surface area contributed by atoms with Crippen molar-refractivity contribution in [2.24, 2.45) is 0 Å². The summed E-state index contributed by atoms with van der Waals surface area (Å²) in [7, 11) is 0. The van der Waals surface area contributed by atoms with Gasteiger partial charge in [0.05, 0.1) is 0 Å². The molecule has 0 radical (unpaired) electrons. The van der Waals surface area contributed by atoms with Crippen LogP contribution >= 0.6 is 0 Å². The van der Waals surface area contributed by atoms with Crippen molar-refractivity contribution in [3.63, 3.8) is 0 Å². The summed E-state index contributed by atoms with van der Waals surface area (Å²) in [5, 5.41) is 2.57. The highest BCUT2D eigenvalue weighted by atomic mass is 14.7. The average molecular weight is 600 g/mol. The maximum absolute atomic E-state index is 3.75. The second-order valence-corrected chi connectivity index (χ2v) is 13.8. The minimum Gasteiger partial charge on any atom is -0.355 e. The smallest absolute Gasteiger partial charge is 0.0468 e. The van der Waals surface area contributed by atoms with Gasteiger partial charge >= 0.3 is 0 Å². The Balaban J connectivity index is 1.12. The molecule has 10 rings (SSSR count). The molecule has 0 amide bonds. The van der Waals surface area contributed by atoms with Crippen LogP contribution in [0.3, 0.4) is 0 Å². The van der Waals surface area contributed by atoms with E-state index in [1.54, 1.807) is 0 Å². The van der Waals surface area contributed by atoms with Crippen LogP contribution in [-0.2, 0) is 11.8 Å². The van der Waals surface area contributed by atoms with Crippen molar-refractivity contribution >= 4 is 21.8 Å². The van der Waals surface area contributed by atoms with Gasteiger partial charge in [-0.2, -0.15) is 0 Å². The molecule has 1 N–H and O–H groups in total. The average Bonchev–Trinajstić information content (AvgIpc) is 3.74. The van der Waals surface area contributed by atoms with Crippen molar-refractivity contribution in [1.29, 1.82) is 0 Å². The molecule has 0 saturated carbocycles. The number of aromatic amines is 1. The van der Waals surface area contributed by atoms with E-state index in [0.29, 0.717) is 0 Å². The molecular formula is C46H33N. The van der Waals surface area contributed by atoms with Crippen LogP contribution in [0.1, 0.15) is 36.1 Å². The number of fused-ring (bicyclic) bond motifs is 9. The summed E-state index contributed by atoms with van der Waals surface area (Å²) in [6, 6.07) is 54.2. The van der Waals surface area contributed by atoms with Crippen molar-refractivity contribution in [2.45, 2.75) is 25.7 Å². The minimum absolute atomic E-state index is 0.00989. The van der Waals surface area contributed by atoms with E-state index in [9.17, 15) is 0 Å². The summed E-state index contributed by atoms with van der Waals surface area (Å²) in [6.07, 6.45) is 0.953. The zero-order chi connectivity index (χ0) is 31.3. The van der Waals surface area contributed by atoms with Gasteiger partial charge in [-0.3, -0.25) is 0 Å². The van der Waals surface area contributed by atoms with Gasteiger partial charge in [-0.1, -0.05) is 117 Å². The Morgan fingerprint density at radius 1 is 0.426 bits per heavy atom. The maximum Gasteiger partial charge on any atom is 0.0468 e. The first kappa shape index (κ1) is 26.5. The molecule has 0 unspecified atom stereocenters. The summed E-state index contributed by atoms with van der Waals surface area (Å²) in [5.41, 5.74) is 21.1. The monoisotopic (exact) mass is 599 g/mol. The molecule has 47 heavy (non-hydrogen) atoms. The predicted molar refractivity (Wildman–Crippen MR) is 198 cm³/mol. The van der Waals surface area contributed by atoms with E-state index in [1.165, 1.54) is 99.7 Å². The van der Waals surface area contributed by atoms with E-state index in [-0.39, 0.29) is 5.41 Å². The summed E-state index contributed by atoms with van der Waals surface area (Å²) in [6.45, 7) is 4.70. The Morgan fingerprint density at radius 2 is 1.09 bits per heavy atom. The second-order valence-electron chi connectivity index (χ2n) is 13.8. The van der Waals surface area contributed by atoms with Crippen LogP contribution in [-0.4, -0.2) is 4.98 Å². The molecule has 7 aromatic carbocycles. The lowest BCUT2D eigenvalue weighted by atomic mass is 9.82. The molecule has 0 spiro atoms. The van der Waals surface area contributed by atoms with Crippen LogP contribution in [0.5, 0.6) is 0 Å². The van der Waals surface area contributed by atoms with Crippen molar-refractivity contribution in [2.75, 3.05) is 0 Å². The number of aromatic nitrogens is 1. The minimum atomic E-state index is -0.00989. The van der Waals surface area contributed by atoms with E-state index in [0.717, 1.165) is 6.42 Å². The molecule has 0 fully saturated rings.